The normalized spacial score (nSPS) is 10.8. The highest BCUT2D eigenvalue weighted by Crippen LogP contribution is 1.89. The summed E-state index contributed by atoms with van der Waals surface area (Å²) in [4.78, 5) is 0. The van der Waals surface area contributed by atoms with Gasteiger partial charge >= 0.3 is 0 Å². The first-order valence-electron chi connectivity index (χ1n) is 2.50. The molecule has 48 valence electrons. The summed E-state index contributed by atoms with van der Waals surface area (Å²) in [6.45, 7) is 0. The molecule has 9 heavy (non-hydrogen) atoms. The van der Waals surface area contributed by atoms with E-state index in [2.05, 4.69) is 10.3 Å². The predicted molar refractivity (Wildman–Crippen MR) is 32.6 cm³/mol. The van der Waals surface area contributed by atoms with Crippen molar-refractivity contribution in [2.24, 2.45) is 12.2 Å². The van der Waals surface area contributed by atoms with E-state index in [0.717, 1.165) is 5.69 Å². The molecule has 1 N–H and O–H groups in total. The summed E-state index contributed by atoms with van der Waals surface area (Å²) in [6.07, 6.45) is 2.96. The summed E-state index contributed by atoms with van der Waals surface area (Å²) in [5, 5.41) is 14.8. The van der Waals surface area contributed by atoms with Gasteiger partial charge in [0, 0.05) is 13.2 Å². The molecule has 0 radical (unpaired) electrons. The Bertz CT molecular complexity index is 216. The lowest BCUT2D eigenvalue weighted by molar-refractivity contribution is 0.321. The molecule has 1 heterocycles. The van der Waals surface area contributed by atoms with Crippen LogP contribution in [-0.2, 0) is 7.05 Å². The van der Waals surface area contributed by atoms with Gasteiger partial charge in [-0.25, -0.2) is 0 Å². The van der Waals surface area contributed by atoms with Crippen molar-refractivity contribution in [3.05, 3.63) is 18.0 Å². The first-order valence-corrected chi connectivity index (χ1v) is 2.50. The third kappa shape index (κ3) is 1.07. The minimum Gasteiger partial charge on any atom is -0.411 e. The molecule has 0 unspecified atom stereocenters. The van der Waals surface area contributed by atoms with Crippen LogP contribution in [0.25, 0.3) is 0 Å². The van der Waals surface area contributed by atoms with Gasteiger partial charge < -0.3 is 5.21 Å². The van der Waals surface area contributed by atoms with E-state index in [1.54, 1.807) is 24.0 Å². The largest absolute Gasteiger partial charge is 0.411 e. The van der Waals surface area contributed by atoms with Crippen LogP contribution in [0.15, 0.2) is 17.4 Å². The number of nitrogens with zero attached hydrogens (tertiary/aromatic N) is 3. The number of hydrogen-bond acceptors (Lipinski definition) is 3. The molecule has 0 saturated heterocycles. The number of oxime groups is 1. The Morgan fingerprint density at radius 2 is 2.67 bits per heavy atom. The summed E-state index contributed by atoms with van der Waals surface area (Å²) in [6, 6.07) is 1.75. The highest BCUT2D eigenvalue weighted by Gasteiger charge is 1.90. The first-order chi connectivity index (χ1) is 4.34. The number of aryl methyl sites for hydroxylation is 1. The highest BCUT2D eigenvalue weighted by atomic mass is 16.4. The second-order valence-corrected chi connectivity index (χ2v) is 1.62. The average molecular weight is 125 g/mol. The molecule has 1 aromatic rings. The smallest absolute Gasteiger partial charge is 0.0914 e. The number of aromatic nitrogens is 2. The quantitative estimate of drug-likeness (QED) is 0.332. The molecule has 0 fully saturated rings. The van der Waals surface area contributed by atoms with E-state index in [9.17, 15) is 0 Å². The fraction of sp³-hybridized carbons (Fsp3) is 0.200. The molecule has 0 aromatic carbocycles. The maximum Gasteiger partial charge on any atom is 0.0914 e. The van der Waals surface area contributed by atoms with Crippen molar-refractivity contribution in [1.82, 2.24) is 9.78 Å². The SMILES string of the molecule is Cn1nccc1/C=N/O. The van der Waals surface area contributed by atoms with Crippen LogP contribution >= 0.6 is 0 Å². The van der Waals surface area contributed by atoms with Crippen molar-refractivity contribution < 1.29 is 5.21 Å². The zero-order chi connectivity index (χ0) is 6.69. The van der Waals surface area contributed by atoms with Gasteiger partial charge in [-0.15, -0.1) is 0 Å². The van der Waals surface area contributed by atoms with Crippen LogP contribution in [0.2, 0.25) is 0 Å². The standard InChI is InChI=1S/C5H7N3O/c1-8-5(4-7-9)2-3-6-8/h2-4,9H,1H3/b7-4+. The van der Waals surface area contributed by atoms with Gasteiger partial charge in [0.2, 0.25) is 0 Å². The summed E-state index contributed by atoms with van der Waals surface area (Å²) < 4.78 is 1.61. The maximum atomic E-state index is 8.09. The summed E-state index contributed by atoms with van der Waals surface area (Å²) in [5.74, 6) is 0. The van der Waals surface area contributed by atoms with Crippen molar-refractivity contribution in [3.63, 3.8) is 0 Å². The monoisotopic (exact) mass is 125 g/mol. The maximum absolute atomic E-state index is 8.09. The molecule has 0 amide bonds. The molecule has 1 aromatic heterocycles. The molecule has 0 aliphatic heterocycles. The molecule has 0 saturated carbocycles. The number of rotatable bonds is 1. The molecule has 0 atom stereocenters. The second-order valence-electron chi connectivity index (χ2n) is 1.62. The lowest BCUT2D eigenvalue weighted by Gasteiger charge is -1.88. The Balaban J connectivity index is 2.94. The molecular weight excluding hydrogens is 118 g/mol. The van der Waals surface area contributed by atoms with E-state index in [-0.39, 0.29) is 0 Å². The van der Waals surface area contributed by atoms with Crippen molar-refractivity contribution in [1.29, 1.82) is 0 Å². The van der Waals surface area contributed by atoms with Crippen LogP contribution < -0.4 is 0 Å². The molecule has 4 nitrogen and oxygen atoms in total. The molecule has 0 aliphatic rings. The van der Waals surface area contributed by atoms with Crippen LogP contribution in [0, 0.1) is 0 Å². The van der Waals surface area contributed by atoms with E-state index in [0.29, 0.717) is 0 Å². The van der Waals surface area contributed by atoms with E-state index < -0.39 is 0 Å². The van der Waals surface area contributed by atoms with Crippen LogP contribution in [0.3, 0.4) is 0 Å². The molecule has 0 bridgehead atoms. The van der Waals surface area contributed by atoms with Gasteiger partial charge in [-0.2, -0.15) is 5.10 Å². The van der Waals surface area contributed by atoms with Crippen LogP contribution in [0.5, 0.6) is 0 Å². The third-order valence-electron chi connectivity index (χ3n) is 1.05. The zero-order valence-electron chi connectivity index (χ0n) is 5.02. The van der Waals surface area contributed by atoms with E-state index >= 15 is 0 Å². The Hall–Kier alpha value is -1.32. The highest BCUT2D eigenvalue weighted by molar-refractivity contribution is 5.76. The summed E-state index contributed by atoms with van der Waals surface area (Å²) in [5.41, 5.74) is 0.775. The lowest BCUT2D eigenvalue weighted by atomic mass is 10.5. The summed E-state index contributed by atoms with van der Waals surface area (Å²) >= 11 is 0. The van der Waals surface area contributed by atoms with E-state index in [1.807, 2.05) is 0 Å². The van der Waals surface area contributed by atoms with Crippen molar-refractivity contribution in [2.75, 3.05) is 0 Å². The molecule has 1 rings (SSSR count). The van der Waals surface area contributed by atoms with Gasteiger partial charge in [0.15, 0.2) is 0 Å². The Morgan fingerprint density at radius 1 is 1.89 bits per heavy atom. The van der Waals surface area contributed by atoms with Crippen LogP contribution in [0.1, 0.15) is 5.69 Å². The Kier molecular flexibility index (Phi) is 1.48. The topological polar surface area (TPSA) is 50.4 Å². The summed E-state index contributed by atoms with van der Waals surface area (Å²) in [7, 11) is 1.77. The molecular formula is C5H7N3O. The predicted octanol–water partition coefficient (Wildman–Crippen LogP) is 0.228. The zero-order valence-corrected chi connectivity index (χ0v) is 5.02. The van der Waals surface area contributed by atoms with E-state index in [4.69, 9.17) is 5.21 Å². The Labute approximate surface area is 52.4 Å². The van der Waals surface area contributed by atoms with Gasteiger partial charge in [-0.1, -0.05) is 5.16 Å². The molecule has 4 heteroatoms. The average Bonchev–Trinajstić information content (AvgIpc) is 2.18. The fourth-order valence-electron chi connectivity index (χ4n) is 0.570. The lowest BCUT2D eigenvalue weighted by Crippen LogP contribution is -1.95. The van der Waals surface area contributed by atoms with Gasteiger partial charge in [-0.05, 0) is 6.07 Å². The van der Waals surface area contributed by atoms with Gasteiger partial charge in [0.1, 0.15) is 0 Å². The van der Waals surface area contributed by atoms with Gasteiger partial charge in [-0.3, -0.25) is 4.68 Å². The van der Waals surface area contributed by atoms with Crippen molar-refractivity contribution in [3.8, 4) is 0 Å². The molecule has 0 aliphatic carbocycles. The van der Waals surface area contributed by atoms with Gasteiger partial charge in [0.05, 0.1) is 11.9 Å². The van der Waals surface area contributed by atoms with Crippen molar-refractivity contribution >= 4 is 6.21 Å². The fourth-order valence-corrected chi connectivity index (χ4v) is 0.570. The second kappa shape index (κ2) is 2.30. The van der Waals surface area contributed by atoms with Crippen LogP contribution in [-0.4, -0.2) is 21.2 Å². The minimum absolute atomic E-state index is 0.775. The first kappa shape index (κ1) is 5.81. The van der Waals surface area contributed by atoms with Crippen molar-refractivity contribution in [2.45, 2.75) is 0 Å². The van der Waals surface area contributed by atoms with Gasteiger partial charge in [0.25, 0.3) is 0 Å². The molecule has 0 spiro atoms. The third-order valence-corrected chi connectivity index (χ3v) is 1.05. The number of hydrogen-bond donors (Lipinski definition) is 1. The minimum atomic E-state index is 0.775. The Morgan fingerprint density at radius 3 is 3.11 bits per heavy atom. The van der Waals surface area contributed by atoms with E-state index in [1.165, 1.54) is 6.21 Å². The van der Waals surface area contributed by atoms with Crippen LogP contribution in [0.4, 0.5) is 0 Å².